The molecule has 0 spiro atoms. The van der Waals surface area contributed by atoms with Crippen LogP contribution in [0.1, 0.15) is 39.2 Å². The number of benzene rings is 1. The Bertz CT molecular complexity index is 876. The van der Waals surface area contributed by atoms with E-state index in [1.54, 1.807) is 32.9 Å². The number of nitrogens with zero attached hydrogens (tertiary/aromatic N) is 2. The van der Waals surface area contributed by atoms with Crippen molar-refractivity contribution in [3.63, 3.8) is 0 Å². The molecule has 1 aromatic rings. The fourth-order valence-corrected chi connectivity index (χ4v) is 4.68. The van der Waals surface area contributed by atoms with E-state index in [0.717, 1.165) is 5.56 Å². The van der Waals surface area contributed by atoms with E-state index in [2.05, 4.69) is 5.32 Å². The average Bonchev–Trinajstić information content (AvgIpc) is 3.04. The summed E-state index contributed by atoms with van der Waals surface area (Å²) >= 11 is 6.00. The van der Waals surface area contributed by atoms with Crippen LogP contribution in [0.2, 0.25) is 5.02 Å². The Hall–Kier alpha value is -2.36. The van der Waals surface area contributed by atoms with Gasteiger partial charge in [-0.05, 0) is 57.7 Å². The number of hydrogen-bond donors (Lipinski definition) is 3. The zero-order valence-electron chi connectivity index (χ0n) is 18.6. The second-order valence-electron chi connectivity index (χ2n) is 9.15. The number of likely N-dealkylation sites (tertiary alicyclic amines) is 1. The van der Waals surface area contributed by atoms with Gasteiger partial charge in [0.05, 0.1) is 18.2 Å². The summed E-state index contributed by atoms with van der Waals surface area (Å²) in [6, 6.07) is 5.62. The minimum absolute atomic E-state index is 0.0387. The lowest BCUT2D eigenvalue weighted by Crippen LogP contribution is -2.65. The number of piperidine rings is 1. The van der Waals surface area contributed by atoms with Crippen LogP contribution >= 0.6 is 11.6 Å². The van der Waals surface area contributed by atoms with Crippen LogP contribution in [0.15, 0.2) is 24.3 Å². The number of halogens is 1. The number of hydrogen-bond acceptors (Lipinski definition) is 5. The Morgan fingerprint density at radius 3 is 2.56 bits per heavy atom. The van der Waals surface area contributed by atoms with Gasteiger partial charge in [-0.1, -0.05) is 23.7 Å². The van der Waals surface area contributed by atoms with Gasteiger partial charge in [-0.15, -0.1) is 0 Å². The van der Waals surface area contributed by atoms with Gasteiger partial charge >= 0.3 is 6.09 Å². The van der Waals surface area contributed by atoms with Crippen molar-refractivity contribution < 1.29 is 24.2 Å². The maximum Gasteiger partial charge on any atom is 0.407 e. The summed E-state index contributed by atoms with van der Waals surface area (Å²) in [6.07, 6.45) is 0.606. The number of carbonyl (C=O) groups is 3. The first kappa shape index (κ1) is 24.3. The summed E-state index contributed by atoms with van der Waals surface area (Å²) in [5, 5.41) is 13.3. The molecule has 9 nitrogen and oxygen atoms in total. The summed E-state index contributed by atoms with van der Waals surface area (Å²) in [5.74, 6) is -0.763. The molecule has 0 radical (unpaired) electrons. The minimum atomic E-state index is -1.03. The molecule has 2 aliphatic rings. The summed E-state index contributed by atoms with van der Waals surface area (Å²) in [6.45, 7) is 5.60. The third-order valence-corrected chi connectivity index (χ3v) is 6.36. The lowest BCUT2D eigenvalue weighted by atomic mass is 9.82. The molecule has 4 N–H and O–H groups in total. The molecule has 2 heterocycles. The Labute approximate surface area is 192 Å². The van der Waals surface area contributed by atoms with E-state index in [0.29, 0.717) is 30.8 Å². The van der Waals surface area contributed by atoms with Crippen LogP contribution in [0, 0.1) is 0 Å². The molecule has 2 saturated heterocycles. The zero-order chi connectivity index (χ0) is 23.7. The van der Waals surface area contributed by atoms with Crippen LogP contribution in [-0.4, -0.2) is 75.9 Å². The molecule has 176 valence electrons. The lowest BCUT2D eigenvalue weighted by molar-refractivity contribution is -0.151. The molecule has 0 saturated carbocycles. The van der Waals surface area contributed by atoms with Crippen molar-refractivity contribution in [3.8, 4) is 0 Å². The highest BCUT2D eigenvalue weighted by atomic mass is 35.5. The van der Waals surface area contributed by atoms with Gasteiger partial charge in [-0.2, -0.15) is 0 Å². The maximum absolute atomic E-state index is 13.5. The molecule has 2 fully saturated rings. The highest BCUT2D eigenvalue weighted by molar-refractivity contribution is 6.30. The molecule has 10 heteroatoms. The van der Waals surface area contributed by atoms with Gasteiger partial charge in [0.2, 0.25) is 11.8 Å². The van der Waals surface area contributed by atoms with E-state index < -0.39 is 29.4 Å². The van der Waals surface area contributed by atoms with Crippen molar-refractivity contribution in [1.29, 1.82) is 0 Å². The smallest absolute Gasteiger partial charge is 0.407 e. The third-order valence-electron chi connectivity index (χ3n) is 6.11. The molecule has 2 aliphatic heterocycles. The number of ether oxygens (including phenoxy) is 1. The molecular weight excluding hydrogens is 436 g/mol. The molecule has 0 aliphatic carbocycles. The normalized spacial score (nSPS) is 26.0. The predicted octanol–water partition coefficient (Wildman–Crippen LogP) is 1.82. The fourth-order valence-electron chi connectivity index (χ4n) is 4.56. The van der Waals surface area contributed by atoms with E-state index in [9.17, 15) is 19.5 Å². The summed E-state index contributed by atoms with van der Waals surface area (Å²) in [5.41, 5.74) is 4.94. The van der Waals surface area contributed by atoms with Gasteiger partial charge in [0.25, 0.3) is 0 Å². The topological polar surface area (TPSA) is 125 Å². The van der Waals surface area contributed by atoms with Crippen LogP contribution in [-0.2, 0) is 20.7 Å². The maximum atomic E-state index is 13.5. The molecule has 3 atom stereocenters. The van der Waals surface area contributed by atoms with E-state index in [4.69, 9.17) is 22.1 Å². The van der Waals surface area contributed by atoms with Crippen molar-refractivity contribution in [2.45, 2.75) is 63.4 Å². The van der Waals surface area contributed by atoms with Crippen molar-refractivity contribution >= 4 is 29.5 Å². The first-order chi connectivity index (χ1) is 14.9. The number of carbonyl (C=O) groups excluding carboxylic acids is 2. The minimum Gasteiger partial charge on any atom is -0.465 e. The SMILES string of the molecule is CC(N)C(=O)N1C(C(=O)NC2(Cc3ccc(Cl)cc3)CCCN(C(=O)O)C2)COC1(C)C. The first-order valence-corrected chi connectivity index (χ1v) is 11.1. The fraction of sp³-hybridized carbons (Fsp3) is 0.591. The Balaban J connectivity index is 1.88. The van der Waals surface area contributed by atoms with Gasteiger partial charge < -0.3 is 25.8 Å². The predicted molar refractivity (Wildman–Crippen MR) is 119 cm³/mol. The van der Waals surface area contributed by atoms with Gasteiger partial charge in [0, 0.05) is 18.1 Å². The number of amides is 3. The quantitative estimate of drug-likeness (QED) is 0.607. The Morgan fingerprint density at radius 1 is 1.31 bits per heavy atom. The van der Waals surface area contributed by atoms with E-state index in [1.165, 1.54) is 9.80 Å². The van der Waals surface area contributed by atoms with Gasteiger partial charge in [-0.3, -0.25) is 14.5 Å². The van der Waals surface area contributed by atoms with Gasteiger partial charge in [-0.25, -0.2) is 4.79 Å². The first-order valence-electron chi connectivity index (χ1n) is 10.7. The van der Waals surface area contributed by atoms with E-state index >= 15 is 0 Å². The van der Waals surface area contributed by atoms with Crippen LogP contribution in [0.4, 0.5) is 4.79 Å². The average molecular weight is 467 g/mol. The van der Waals surface area contributed by atoms with Gasteiger partial charge in [0.1, 0.15) is 11.8 Å². The van der Waals surface area contributed by atoms with Crippen LogP contribution in [0.3, 0.4) is 0 Å². The van der Waals surface area contributed by atoms with Crippen molar-refractivity contribution in [1.82, 2.24) is 15.1 Å². The molecular formula is C22H31ClN4O5. The highest BCUT2D eigenvalue weighted by Gasteiger charge is 2.49. The Morgan fingerprint density at radius 2 is 1.97 bits per heavy atom. The Kier molecular flexibility index (Phi) is 7.02. The van der Waals surface area contributed by atoms with Gasteiger partial charge in [0.15, 0.2) is 0 Å². The standard InChI is InChI=1S/C22H31ClN4O5/c1-14(24)19(29)27-17(12-32-21(27,2)3)18(28)25-22(9-4-10-26(13-22)20(30)31)11-15-5-7-16(23)8-6-15/h5-8,14,17H,4,9-13,24H2,1-3H3,(H,25,28)(H,30,31). The number of nitrogens with one attached hydrogen (secondary N) is 1. The summed E-state index contributed by atoms with van der Waals surface area (Å²) in [7, 11) is 0. The number of carboxylic acid groups (broad SMARTS) is 1. The van der Waals surface area contributed by atoms with Crippen molar-refractivity contribution in [2.24, 2.45) is 5.73 Å². The molecule has 3 rings (SSSR count). The largest absolute Gasteiger partial charge is 0.465 e. The summed E-state index contributed by atoms with van der Waals surface area (Å²) < 4.78 is 5.74. The van der Waals surface area contributed by atoms with E-state index in [-0.39, 0.29) is 25.0 Å². The zero-order valence-corrected chi connectivity index (χ0v) is 19.4. The van der Waals surface area contributed by atoms with Crippen LogP contribution in [0.5, 0.6) is 0 Å². The highest BCUT2D eigenvalue weighted by Crippen LogP contribution is 2.31. The van der Waals surface area contributed by atoms with Crippen molar-refractivity contribution in [3.05, 3.63) is 34.9 Å². The molecule has 1 aromatic carbocycles. The molecule has 32 heavy (non-hydrogen) atoms. The second kappa shape index (κ2) is 9.25. The van der Waals surface area contributed by atoms with Crippen LogP contribution in [0.25, 0.3) is 0 Å². The van der Waals surface area contributed by atoms with E-state index in [1.807, 2.05) is 12.1 Å². The summed E-state index contributed by atoms with van der Waals surface area (Å²) in [4.78, 5) is 40.6. The number of nitrogens with two attached hydrogens (primary N) is 1. The molecule has 0 aromatic heterocycles. The molecule has 0 bridgehead atoms. The van der Waals surface area contributed by atoms with Crippen LogP contribution < -0.4 is 11.1 Å². The second-order valence-corrected chi connectivity index (χ2v) is 9.59. The molecule has 3 unspecified atom stereocenters. The lowest BCUT2D eigenvalue weighted by Gasteiger charge is -2.44. The number of rotatable bonds is 5. The molecule has 3 amide bonds. The third kappa shape index (κ3) is 5.16. The monoisotopic (exact) mass is 466 g/mol. The van der Waals surface area contributed by atoms with Crippen molar-refractivity contribution in [2.75, 3.05) is 19.7 Å².